The molecule has 0 saturated heterocycles. The average molecular weight is 430 g/mol. The molecule has 5 heteroatoms. The molecule has 1 N–H and O–H groups in total. The Morgan fingerprint density at radius 1 is 1.20 bits per heavy atom. The second-order valence-electron chi connectivity index (χ2n) is 9.61. The van der Waals surface area contributed by atoms with Crippen LogP contribution in [-0.4, -0.2) is 28.4 Å². The minimum Gasteiger partial charge on any atom is -0.481 e. The van der Waals surface area contributed by atoms with Gasteiger partial charge in [-0.2, -0.15) is 0 Å². The summed E-state index contributed by atoms with van der Waals surface area (Å²) in [6.07, 6.45) is 12.2. The highest BCUT2D eigenvalue weighted by atomic mass is 35.5. The Morgan fingerprint density at radius 3 is 2.57 bits per heavy atom. The summed E-state index contributed by atoms with van der Waals surface area (Å²) in [6.45, 7) is 2.39. The minimum atomic E-state index is -0.877. The van der Waals surface area contributed by atoms with Gasteiger partial charge in [-0.1, -0.05) is 62.8 Å². The number of aliphatic carboxylic acids is 1. The van der Waals surface area contributed by atoms with E-state index in [1.54, 1.807) is 4.90 Å². The second-order valence-corrected chi connectivity index (χ2v) is 10.0. The monoisotopic (exact) mass is 429 g/mol. The van der Waals surface area contributed by atoms with Gasteiger partial charge in [0.1, 0.15) is 0 Å². The van der Waals surface area contributed by atoms with Crippen LogP contribution in [-0.2, 0) is 21.4 Å². The molecule has 4 rings (SSSR count). The predicted octanol–water partition coefficient (Wildman–Crippen LogP) is 5.72. The number of carboxylic acids is 1. The smallest absolute Gasteiger partial charge is 0.305 e. The summed E-state index contributed by atoms with van der Waals surface area (Å²) in [5, 5.41) is 9.81. The molecule has 0 aromatic heterocycles. The van der Waals surface area contributed by atoms with E-state index in [0.717, 1.165) is 35.8 Å². The predicted molar refractivity (Wildman–Crippen MR) is 118 cm³/mol. The molecule has 1 aromatic rings. The van der Waals surface area contributed by atoms with Gasteiger partial charge in [0.15, 0.2) is 0 Å². The van der Waals surface area contributed by atoms with Gasteiger partial charge in [0.05, 0.1) is 6.42 Å². The van der Waals surface area contributed by atoms with Gasteiger partial charge in [-0.15, -0.1) is 0 Å². The number of benzene rings is 1. The largest absolute Gasteiger partial charge is 0.481 e. The van der Waals surface area contributed by atoms with Crippen molar-refractivity contribution in [2.45, 2.75) is 76.5 Å². The second kappa shape index (κ2) is 8.74. The van der Waals surface area contributed by atoms with E-state index in [9.17, 15) is 9.59 Å². The van der Waals surface area contributed by atoms with Crippen molar-refractivity contribution in [1.29, 1.82) is 0 Å². The SMILES string of the molecule is C[C@@]1(c2ccc(CC3CCCCC3)c(Cl)c2)CC(=O)N(CCC(=O)O)C=C1C1CC1. The highest BCUT2D eigenvalue weighted by Crippen LogP contribution is 2.51. The molecule has 2 fully saturated rings. The summed E-state index contributed by atoms with van der Waals surface area (Å²) < 4.78 is 0. The third kappa shape index (κ3) is 4.59. The number of carbonyl (C=O) groups excluding carboxylic acids is 1. The molecular formula is C25H32ClNO3. The zero-order valence-corrected chi connectivity index (χ0v) is 18.6. The van der Waals surface area contributed by atoms with Crippen LogP contribution in [0.1, 0.15) is 75.8 Å². The molecule has 1 atom stereocenters. The van der Waals surface area contributed by atoms with Crippen molar-refractivity contribution in [2.24, 2.45) is 11.8 Å². The van der Waals surface area contributed by atoms with Crippen molar-refractivity contribution in [2.75, 3.05) is 6.54 Å². The van der Waals surface area contributed by atoms with Crippen LogP contribution in [0.25, 0.3) is 0 Å². The molecule has 30 heavy (non-hydrogen) atoms. The van der Waals surface area contributed by atoms with Crippen LogP contribution in [0.2, 0.25) is 5.02 Å². The van der Waals surface area contributed by atoms with Crippen LogP contribution in [0.3, 0.4) is 0 Å². The summed E-state index contributed by atoms with van der Waals surface area (Å²) in [5.41, 5.74) is 3.20. The van der Waals surface area contributed by atoms with E-state index >= 15 is 0 Å². The van der Waals surface area contributed by atoms with E-state index in [-0.39, 0.29) is 24.3 Å². The first kappa shape index (κ1) is 21.4. The first-order chi connectivity index (χ1) is 14.4. The molecule has 162 valence electrons. The highest BCUT2D eigenvalue weighted by Gasteiger charge is 2.45. The van der Waals surface area contributed by atoms with E-state index < -0.39 is 5.97 Å². The van der Waals surface area contributed by atoms with Crippen molar-refractivity contribution < 1.29 is 14.7 Å². The number of carboxylic acid groups (broad SMARTS) is 1. The van der Waals surface area contributed by atoms with Crippen LogP contribution in [0.4, 0.5) is 0 Å². The molecule has 1 heterocycles. The lowest BCUT2D eigenvalue weighted by Crippen LogP contribution is -2.42. The zero-order chi connectivity index (χ0) is 21.3. The standard InChI is InChI=1S/C25H32ClNO3/c1-25(15-23(28)27(12-11-24(29)30)16-21(25)18-7-8-18)20-10-9-19(22(26)14-20)13-17-5-3-2-4-6-17/h9-10,14,16-18H,2-8,11-13,15H2,1H3,(H,29,30)/t25-/m0/s1. The van der Waals surface area contributed by atoms with Gasteiger partial charge in [-0.05, 0) is 53.9 Å². The fraction of sp³-hybridized carbons (Fsp3) is 0.600. The fourth-order valence-electron chi connectivity index (χ4n) is 5.27. The van der Waals surface area contributed by atoms with Gasteiger partial charge >= 0.3 is 5.97 Å². The highest BCUT2D eigenvalue weighted by molar-refractivity contribution is 6.31. The molecule has 0 bridgehead atoms. The summed E-state index contributed by atoms with van der Waals surface area (Å²) in [4.78, 5) is 25.4. The summed E-state index contributed by atoms with van der Waals surface area (Å²) in [5.74, 6) is 0.332. The molecule has 0 unspecified atom stereocenters. The van der Waals surface area contributed by atoms with Gasteiger partial charge in [-0.3, -0.25) is 9.59 Å². The Bertz CT molecular complexity index is 854. The summed E-state index contributed by atoms with van der Waals surface area (Å²) >= 11 is 6.74. The lowest BCUT2D eigenvalue weighted by Gasteiger charge is -2.40. The topological polar surface area (TPSA) is 57.6 Å². The van der Waals surface area contributed by atoms with Gasteiger partial charge in [0.2, 0.25) is 5.91 Å². The normalized spacial score (nSPS) is 25.3. The molecule has 1 amide bonds. The number of rotatable bonds is 7. The van der Waals surface area contributed by atoms with E-state index in [1.807, 2.05) is 6.20 Å². The minimum absolute atomic E-state index is 0.00875. The number of hydrogen-bond donors (Lipinski definition) is 1. The number of hydrogen-bond acceptors (Lipinski definition) is 2. The number of amides is 1. The molecule has 0 radical (unpaired) electrons. The summed E-state index contributed by atoms with van der Waals surface area (Å²) in [6, 6.07) is 6.42. The number of allylic oxidation sites excluding steroid dienone is 1. The molecule has 1 aromatic carbocycles. The van der Waals surface area contributed by atoms with E-state index in [1.165, 1.54) is 43.2 Å². The maximum Gasteiger partial charge on any atom is 0.305 e. The van der Waals surface area contributed by atoms with E-state index in [2.05, 4.69) is 25.1 Å². The molecule has 2 saturated carbocycles. The molecule has 3 aliphatic rings. The van der Waals surface area contributed by atoms with Crippen molar-refractivity contribution in [3.05, 3.63) is 46.1 Å². The van der Waals surface area contributed by atoms with Gasteiger partial charge in [-0.25, -0.2) is 0 Å². The van der Waals surface area contributed by atoms with Crippen molar-refractivity contribution in [3.63, 3.8) is 0 Å². The lowest BCUT2D eigenvalue weighted by molar-refractivity contribution is -0.138. The maximum absolute atomic E-state index is 12.9. The van der Waals surface area contributed by atoms with Crippen molar-refractivity contribution in [1.82, 2.24) is 4.90 Å². The molecule has 4 nitrogen and oxygen atoms in total. The molecule has 1 aliphatic heterocycles. The van der Waals surface area contributed by atoms with Crippen LogP contribution in [0.5, 0.6) is 0 Å². The fourth-order valence-corrected chi connectivity index (χ4v) is 5.53. The third-order valence-corrected chi connectivity index (χ3v) is 7.62. The van der Waals surface area contributed by atoms with Gasteiger partial charge in [0.25, 0.3) is 0 Å². The Balaban J connectivity index is 1.58. The van der Waals surface area contributed by atoms with Gasteiger partial charge in [0, 0.05) is 29.6 Å². The van der Waals surface area contributed by atoms with Gasteiger partial charge < -0.3 is 10.0 Å². The molecular weight excluding hydrogens is 398 g/mol. The first-order valence-corrected chi connectivity index (χ1v) is 11.8. The van der Waals surface area contributed by atoms with Crippen LogP contribution >= 0.6 is 11.6 Å². The van der Waals surface area contributed by atoms with Crippen LogP contribution < -0.4 is 0 Å². The molecule has 2 aliphatic carbocycles. The number of nitrogens with zero attached hydrogens (tertiary/aromatic N) is 1. The Hall–Kier alpha value is -1.81. The maximum atomic E-state index is 12.9. The zero-order valence-electron chi connectivity index (χ0n) is 17.8. The average Bonchev–Trinajstić information content (AvgIpc) is 3.54. The van der Waals surface area contributed by atoms with Crippen LogP contribution in [0, 0.1) is 11.8 Å². The van der Waals surface area contributed by atoms with Crippen molar-refractivity contribution in [3.8, 4) is 0 Å². The Kier molecular flexibility index (Phi) is 6.24. The Labute approximate surface area is 184 Å². The quantitative estimate of drug-likeness (QED) is 0.602. The Morgan fingerprint density at radius 2 is 1.93 bits per heavy atom. The lowest BCUT2D eigenvalue weighted by atomic mass is 9.69. The number of carbonyl (C=O) groups is 2. The van der Waals surface area contributed by atoms with E-state index in [4.69, 9.17) is 16.7 Å². The van der Waals surface area contributed by atoms with Crippen molar-refractivity contribution >= 4 is 23.5 Å². The first-order valence-electron chi connectivity index (χ1n) is 11.4. The third-order valence-electron chi connectivity index (χ3n) is 7.26. The van der Waals surface area contributed by atoms with Crippen LogP contribution in [0.15, 0.2) is 30.0 Å². The van der Waals surface area contributed by atoms with E-state index in [0.29, 0.717) is 12.3 Å². The number of halogens is 1. The summed E-state index contributed by atoms with van der Waals surface area (Å²) in [7, 11) is 0. The molecule has 0 spiro atoms.